The Morgan fingerprint density at radius 1 is 0.778 bits per heavy atom. The summed E-state index contributed by atoms with van der Waals surface area (Å²) in [5, 5.41) is 3.37. The van der Waals surface area contributed by atoms with Crippen LogP contribution in [0, 0.1) is 0 Å². The van der Waals surface area contributed by atoms with Gasteiger partial charge in [0.15, 0.2) is 42.6 Å². The van der Waals surface area contributed by atoms with E-state index in [0.29, 0.717) is 36.2 Å². The van der Waals surface area contributed by atoms with Gasteiger partial charge in [0.25, 0.3) is 0 Å². The fraction of sp³-hybridized carbons (Fsp3) is 0.580. The molecular formula is C50H74ClNO8Si3. The number of methoxy groups -OCH3 is 2. The minimum absolute atomic E-state index is 0.0609. The van der Waals surface area contributed by atoms with E-state index >= 15 is 0 Å². The molecule has 3 aromatic rings. The molecule has 0 aromatic heterocycles. The Balaban J connectivity index is 1.59. The highest BCUT2D eigenvalue weighted by Gasteiger charge is 2.64. The third-order valence-corrected chi connectivity index (χ3v) is 28.8. The van der Waals surface area contributed by atoms with Gasteiger partial charge in [-0.1, -0.05) is 98.2 Å². The summed E-state index contributed by atoms with van der Waals surface area (Å²) in [6.07, 6.45) is 1.38. The number of halogens is 1. The normalized spacial score (nSPS) is 22.0. The van der Waals surface area contributed by atoms with Crippen LogP contribution in [0.1, 0.15) is 108 Å². The van der Waals surface area contributed by atoms with Gasteiger partial charge in [-0.15, -0.1) is 0 Å². The standard InChI is InChI=1S/C50H74ClNO8Si3/c1-47(2,3)61(12,13)58-41-28-33-20-24-40(55-11)44(43(33)51)57-45-38-26-34(29-52-46(41)53)35(31-56-30-32-18-21-36(54-10)22-19-32)27-37(38)39-23-25-42(59-62(14,15)48(4,5)6)50(39,45)60-63(16,17)49(7,8)9/h18-24,26-27,41-42,45H,25,28-31H2,1-17H3,(H,52,53)/t41-,42-,45-,50+/m1/s1. The van der Waals surface area contributed by atoms with Crippen LogP contribution >= 0.6 is 11.6 Å². The number of nitrogens with one attached hydrogen (secondary N) is 1. The Bertz CT molecular complexity index is 2200. The van der Waals surface area contributed by atoms with Crippen molar-refractivity contribution < 1.29 is 37.0 Å². The number of amides is 1. The zero-order valence-electron chi connectivity index (χ0n) is 41.1. The van der Waals surface area contributed by atoms with Gasteiger partial charge in [-0.05, 0) is 125 Å². The van der Waals surface area contributed by atoms with Crippen LogP contribution in [0.2, 0.25) is 59.4 Å². The third-order valence-electron chi connectivity index (χ3n) is 14.9. The monoisotopic (exact) mass is 935 g/mol. The van der Waals surface area contributed by atoms with Crippen molar-refractivity contribution in [3.63, 3.8) is 0 Å². The van der Waals surface area contributed by atoms with E-state index in [9.17, 15) is 4.79 Å². The Kier molecular flexibility index (Phi) is 13.9. The Morgan fingerprint density at radius 2 is 1.40 bits per heavy atom. The molecule has 0 fully saturated rings. The molecule has 0 spiro atoms. The van der Waals surface area contributed by atoms with Gasteiger partial charge in [-0.2, -0.15) is 0 Å². The lowest BCUT2D eigenvalue weighted by molar-refractivity contribution is -0.128. The maximum absolute atomic E-state index is 14.6. The van der Waals surface area contributed by atoms with Crippen LogP contribution in [-0.2, 0) is 49.0 Å². The van der Waals surface area contributed by atoms with E-state index in [-0.39, 0.29) is 40.1 Å². The second-order valence-corrected chi connectivity index (χ2v) is 36.9. The molecule has 1 amide bonds. The molecule has 63 heavy (non-hydrogen) atoms. The van der Waals surface area contributed by atoms with Gasteiger partial charge in [0.1, 0.15) is 17.5 Å². The van der Waals surface area contributed by atoms with Crippen LogP contribution in [0.15, 0.2) is 54.6 Å². The van der Waals surface area contributed by atoms with E-state index in [4.69, 9.17) is 43.8 Å². The minimum Gasteiger partial charge on any atom is -0.497 e. The molecule has 0 radical (unpaired) electrons. The molecule has 0 saturated heterocycles. The first kappa shape index (κ1) is 49.5. The molecule has 1 N–H and O–H groups in total. The summed E-state index contributed by atoms with van der Waals surface area (Å²) in [6, 6.07) is 16.2. The van der Waals surface area contributed by atoms with E-state index in [2.05, 4.69) is 125 Å². The van der Waals surface area contributed by atoms with Crippen molar-refractivity contribution in [2.75, 3.05) is 14.2 Å². The number of fused-ring (bicyclic) bond motifs is 6. The average Bonchev–Trinajstić information content (AvgIpc) is 3.63. The van der Waals surface area contributed by atoms with E-state index in [1.165, 1.54) is 0 Å². The highest BCUT2D eigenvalue weighted by Crippen LogP contribution is 2.62. The first-order valence-corrected chi connectivity index (χ1v) is 31.6. The lowest BCUT2D eigenvalue weighted by Crippen LogP contribution is -2.59. The first-order chi connectivity index (χ1) is 29.1. The number of carbonyl (C=O) groups is 1. The predicted octanol–water partition coefficient (Wildman–Crippen LogP) is 12.7. The quantitative estimate of drug-likeness (QED) is 0.180. The molecule has 6 rings (SSSR count). The van der Waals surface area contributed by atoms with E-state index in [1.54, 1.807) is 14.2 Å². The second kappa shape index (κ2) is 17.7. The van der Waals surface area contributed by atoms with Crippen molar-refractivity contribution in [2.24, 2.45) is 0 Å². The summed E-state index contributed by atoms with van der Waals surface area (Å²) in [4.78, 5) is 14.6. The van der Waals surface area contributed by atoms with Crippen molar-refractivity contribution >= 4 is 48.0 Å². The molecule has 0 unspecified atom stereocenters. The lowest BCUT2D eigenvalue weighted by Gasteiger charge is -2.50. The van der Waals surface area contributed by atoms with Gasteiger partial charge in [0.2, 0.25) is 5.91 Å². The molecule has 13 heteroatoms. The molecule has 4 atom stereocenters. The topological polar surface area (TPSA) is 93.7 Å². The smallest absolute Gasteiger partial charge is 0.248 e. The van der Waals surface area contributed by atoms with Gasteiger partial charge in [0.05, 0.1) is 38.6 Å². The van der Waals surface area contributed by atoms with Gasteiger partial charge in [0, 0.05) is 18.5 Å². The summed E-state index contributed by atoms with van der Waals surface area (Å²) in [6.45, 7) is 34.7. The van der Waals surface area contributed by atoms with Crippen molar-refractivity contribution in [3.05, 3.63) is 93.0 Å². The van der Waals surface area contributed by atoms with E-state index < -0.39 is 42.8 Å². The zero-order valence-corrected chi connectivity index (χ0v) is 44.9. The summed E-state index contributed by atoms with van der Waals surface area (Å²) in [5.74, 6) is 1.50. The van der Waals surface area contributed by atoms with Gasteiger partial charge in [-0.25, -0.2) is 0 Å². The summed E-state index contributed by atoms with van der Waals surface area (Å²) in [7, 11) is -4.12. The molecule has 1 heterocycles. The number of hydrogen-bond donors (Lipinski definition) is 1. The first-order valence-electron chi connectivity index (χ1n) is 22.5. The van der Waals surface area contributed by atoms with Gasteiger partial charge >= 0.3 is 0 Å². The third kappa shape index (κ3) is 9.66. The number of rotatable bonds is 12. The van der Waals surface area contributed by atoms with Gasteiger partial charge in [-0.3, -0.25) is 4.79 Å². The number of benzene rings is 3. The summed E-state index contributed by atoms with van der Waals surface area (Å²) < 4.78 is 47.9. The second-order valence-electron chi connectivity index (χ2n) is 22.3. The summed E-state index contributed by atoms with van der Waals surface area (Å²) in [5.41, 5.74) is 5.65. The average molecular weight is 937 g/mol. The van der Waals surface area contributed by atoms with Gasteiger partial charge < -0.3 is 37.5 Å². The molecule has 3 aliphatic rings. The van der Waals surface area contributed by atoms with Crippen molar-refractivity contribution in [3.8, 4) is 17.2 Å². The van der Waals surface area contributed by atoms with Crippen LogP contribution in [0.4, 0.5) is 0 Å². The molecule has 2 aliphatic carbocycles. The Labute approximate surface area is 386 Å². The van der Waals surface area contributed by atoms with Crippen LogP contribution in [0.3, 0.4) is 0 Å². The lowest BCUT2D eigenvalue weighted by atomic mass is 9.91. The molecule has 0 saturated carbocycles. The Hall–Kier alpha value is -2.95. The van der Waals surface area contributed by atoms with E-state index in [0.717, 1.165) is 44.7 Å². The number of ether oxygens (including phenoxy) is 4. The number of hydrogen-bond acceptors (Lipinski definition) is 8. The zero-order chi connectivity index (χ0) is 46.7. The molecule has 9 nitrogen and oxygen atoms in total. The SMILES string of the molecule is COc1ccc(COCc2cc3c4cc2CNC(=O)[C@H](O[Si](C)(C)C(C)(C)C)Cc2ccc(OC)c(c2Cl)O[C@H]4[C@]2(O[Si](C)(C)C(C)(C)C)C3=CC[C@H]2O[Si](C)(C)C(C)(C)C)cc1. The highest BCUT2D eigenvalue weighted by molar-refractivity contribution is 6.75. The maximum atomic E-state index is 14.6. The van der Waals surface area contributed by atoms with Crippen molar-refractivity contribution in [1.29, 1.82) is 0 Å². The highest BCUT2D eigenvalue weighted by atomic mass is 35.5. The Morgan fingerprint density at radius 3 is 1.98 bits per heavy atom. The number of carbonyl (C=O) groups excluding carboxylic acids is 1. The molecule has 1 aliphatic heterocycles. The van der Waals surface area contributed by atoms with Crippen molar-refractivity contribution in [2.45, 2.75) is 173 Å². The predicted molar refractivity (Wildman–Crippen MR) is 263 cm³/mol. The maximum Gasteiger partial charge on any atom is 0.248 e. The van der Waals surface area contributed by atoms with Crippen molar-refractivity contribution in [1.82, 2.24) is 5.32 Å². The molecule has 3 aromatic carbocycles. The van der Waals surface area contributed by atoms with Crippen LogP contribution in [-0.4, -0.2) is 62.9 Å². The molecule has 4 bridgehead atoms. The molecule has 346 valence electrons. The van der Waals surface area contributed by atoms with Crippen LogP contribution < -0.4 is 19.5 Å². The van der Waals surface area contributed by atoms with E-state index in [1.807, 2.05) is 36.4 Å². The van der Waals surface area contributed by atoms with Crippen LogP contribution in [0.5, 0.6) is 17.2 Å². The fourth-order valence-corrected chi connectivity index (χ4v) is 12.3. The summed E-state index contributed by atoms with van der Waals surface area (Å²) >= 11 is 7.54. The minimum atomic E-state index is -2.59. The largest absolute Gasteiger partial charge is 0.497 e. The van der Waals surface area contributed by atoms with Crippen LogP contribution in [0.25, 0.3) is 5.57 Å². The molecular weight excluding hydrogens is 862 g/mol. The fourth-order valence-electron chi connectivity index (χ4n) is 7.96.